The van der Waals surface area contributed by atoms with Gasteiger partial charge in [0.15, 0.2) is 5.78 Å². The maximum absolute atomic E-state index is 12.4. The minimum atomic E-state index is -0.123. The molecule has 0 aromatic rings. The van der Waals surface area contributed by atoms with Gasteiger partial charge in [-0.3, -0.25) is 4.79 Å². The van der Waals surface area contributed by atoms with Crippen LogP contribution in [-0.2, 0) is 4.79 Å². The van der Waals surface area contributed by atoms with E-state index < -0.39 is 0 Å². The Morgan fingerprint density at radius 1 is 1.44 bits per heavy atom. The highest BCUT2D eigenvalue weighted by Crippen LogP contribution is 2.45. The second-order valence-corrected chi connectivity index (χ2v) is 5.33. The molecule has 1 aliphatic carbocycles. The highest BCUT2D eigenvalue weighted by atomic mass is 16.1. The summed E-state index contributed by atoms with van der Waals surface area (Å²) in [5.74, 6) is 0.157. The summed E-state index contributed by atoms with van der Waals surface area (Å²) in [5, 5.41) is 0. The van der Waals surface area contributed by atoms with Crippen molar-refractivity contribution >= 4 is 5.78 Å². The van der Waals surface area contributed by atoms with E-state index in [1.807, 2.05) is 26.8 Å². The van der Waals surface area contributed by atoms with Gasteiger partial charge in [-0.1, -0.05) is 30.7 Å². The third-order valence-corrected chi connectivity index (χ3v) is 3.70. The quantitative estimate of drug-likeness (QED) is 0.504. The van der Waals surface area contributed by atoms with Crippen molar-refractivity contribution < 1.29 is 4.79 Å². The molecule has 0 N–H and O–H groups in total. The standard InChI is InChI=1S/C15H22O/c1-7-15(6)9-8-12(10(2)3)14(16)13(15)11(4)5/h7,13H,1,4,8-9H2,2-3,5-6H3/t13-,15-/m1/s1. The molecule has 1 aliphatic rings. The summed E-state index contributed by atoms with van der Waals surface area (Å²) in [6.07, 6.45) is 3.78. The van der Waals surface area contributed by atoms with Crippen molar-refractivity contribution in [1.82, 2.24) is 0 Å². The Morgan fingerprint density at radius 3 is 2.38 bits per heavy atom. The highest BCUT2D eigenvalue weighted by Gasteiger charge is 2.42. The van der Waals surface area contributed by atoms with E-state index in [-0.39, 0.29) is 17.1 Å². The fourth-order valence-electron chi connectivity index (χ4n) is 2.64. The van der Waals surface area contributed by atoms with Crippen LogP contribution in [0, 0.1) is 11.3 Å². The molecule has 1 nitrogen and oxygen atoms in total. The Kier molecular flexibility index (Phi) is 3.57. The van der Waals surface area contributed by atoms with Crippen LogP contribution in [0.1, 0.15) is 40.5 Å². The number of rotatable bonds is 2. The third-order valence-electron chi connectivity index (χ3n) is 3.70. The Hall–Kier alpha value is -1.11. The van der Waals surface area contributed by atoms with Crippen molar-refractivity contribution in [3.8, 4) is 0 Å². The van der Waals surface area contributed by atoms with Crippen LogP contribution in [0.25, 0.3) is 0 Å². The van der Waals surface area contributed by atoms with E-state index in [1.165, 1.54) is 0 Å². The number of ketones is 1. The first kappa shape index (κ1) is 13.0. The first-order chi connectivity index (χ1) is 7.33. The molecule has 1 fully saturated rings. The molecular weight excluding hydrogens is 196 g/mol. The van der Waals surface area contributed by atoms with E-state index >= 15 is 0 Å². The van der Waals surface area contributed by atoms with E-state index in [2.05, 4.69) is 20.1 Å². The van der Waals surface area contributed by atoms with Crippen molar-refractivity contribution in [3.63, 3.8) is 0 Å². The van der Waals surface area contributed by atoms with E-state index in [4.69, 9.17) is 0 Å². The molecule has 0 unspecified atom stereocenters. The van der Waals surface area contributed by atoms with Gasteiger partial charge < -0.3 is 0 Å². The summed E-state index contributed by atoms with van der Waals surface area (Å²) in [4.78, 5) is 12.4. The van der Waals surface area contributed by atoms with Crippen LogP contribution in [0.3, 0.4) is 0 Å². The average Bonchev–Trinajstić information content (AvgIpc) is 2.16. The van der Waals surface area contributed by atoms with Crippen LogP contribution >= 0.6 is 0 Å². The van der Waals surface area contributed by atoms with Crippen LogP contribution in [0.5, 0.6) is 0 Å². The van der Waals surface area contributed by atoms with Crippen LogP contribution < -0.4 is 0 Å². The number of carbonyl (C=O) groups is 1. The van der Waals surface area contributed by atoms with Gasteiger partial charge in [-0.15, -0.1) is 6.58 Å². The summed E-state index contributed by atoms with van der Waals surface area (Å²) >= 11 is 0. The fourth-order valence-corrected chi connectivity index (χ4v) is 2.64. The number of allylic oxidation sites excluding steroid dienone is 4. The minimum Gasteiger partial charge on any atom is -0.294 e. The molecule has 2 atom stereocenters. The minimum absolute atomic E-state index is 0.0938. The average molecular weight is 218 g/mol. The predicted octanol–water partition coefficient (Wildman–Crippen LogP) is 4.07. The van der Waals surface area contributed by atoms with Gasteiger partial charge in [-0.25, -0.2) is 0 Å². The molecule has 1 rings (SSSR count). The van der Waals surface area contributed by atoms with E-state index in [1.54, 1.807) is 0 Å². The molecule has 1 saturated carbocycles. The van der Waals surface area contributed by atoms with Crippen molar-refractivity contribution in [3.05, 3.63) is 36.0 Å². The molecule has 0 radical (unpaired) electrons. The van der Waals surface area contributed by atoms with Gasteiger partial charge in [0.05, 0.1) is 5.92 Å². The molecule has 88 valence electrons. The Morgan fingerprint density at radius 2 is 2.00 bits per heavy atom. The summed E-state index contributed by atoms with van der Waals surface area (Å²) in [6.45, 7) is 15.9. The first-order valence-corrected chi connectivity index (χ1v) is 5.83. The van der Waals surface area contributed by atoms with Gasteiger partial charge in [0.2, 0.25) is 0 Å². The van der Waals surface area contributed by atoms with Crippen LogP contribution in [-0.4, -0.2) is 5.78 Å². The van der Waals surface area contributed by atoms with Crippen LogP contribution in [0.2, 0.25) is 0 Å². The lowest BCUT2D eigenvalue weighted by Gasteiger charge is -2.40. The molecule has 0 heterocycles. The largest absolute Gasteiger partial charge is 0.294 e. The van der Waals surface area contributed by atoms with Crippen molar-refractivity contribution in [2.24, 2.45) is 11.3 Å². The summed E-state index contributed by atoms with van der Waals surface area (Å²) in [5.41, 5.74) is 2.96. The van der Waals surface area contributed by atoms with Gasteiger partial charge in [0.25, 0.3) is 0 Å². The number of carbonyl (C=O) groups excluding carboxylic acids is 1. The SMILES string of the molecule is C=C[C@]1(C)CCC(=C(C)C)C(=O)[C@H]1C(=C)C. The maximum atomic E-state index is 12.4. The lowest BCUT2D eigenvalue weighted by Crippen LogP contribution is -2.38. The lowest BCUT2D eigenvalue weighted by molar-refractivity contribution is -0.122. The number of hydrogen-bond acceptors (Lipinski definition) is 1. The molecule has 0 bridgehead atoms. The van der Waals surface area contributed by atoms with Gasteiger partial charge in [-0.05, 0) is 44.6 Å². The number of hydrogen-bond donors (Lipinski definition) is 0. The molecule has 0 spiro atoms. The predicted molar refractivity (Wildman–Crippen MR) is 69.2 cm³/mol. The van der Waals surface area contributed by atoms with Crippen LogP contribution in [0.4, 0.5) is 0 Å². The van der Waals surface area contributed by atoms with E-state index in [0.717, 1.165) is 29.6 Å². The second-order valence-electron chi connectivity index (χ2n) is 5.33. The number of Topliss-reactive ketones (excluding diaryl/α,β-unsaturated/α-hetero) is 1. The Labute approximate surface area is 98.9 Å². The zero-order valence-corrected chi connectivity index (χ0v) is 10.9. The van der Waals surface area contributed by atoms with Crippen molar-refractivity contribution in [1.29, 1.82) is 0 Å². The summed E-state index contributed by atoms with van der Waals surface area (Å²) in [6, 6.07) is 0. The first-order valence-electron chi connectivity index (χ1n) is 5.83. The molecule has 0 aliphatic heterocycles. The summed E-state index contributed by atoms with van der Waals surface area (Å²) in [7, 11) is 0. The smallest absolute Gasteiger partial charge is 0.166 e. The van der Waals surface area contributed by atoms with E-state index in [0.29, 0.717) is 0 Å². The molecule has 0 saturated heterocycles. The molecule has 1 heteroatoms. The van der Waals surface area contributed by atoms with Crippen LogP contribution in [0.15, 0.2) is 36.0 Å². The lowest BCUT2D eigenvalue weighted by atomic mass is 9.63. The Balaban J connectivity index is 3.22. The molecule has 0 aromatic heterocycles. The van der Waals surface area contributed by atoms with Crippen molar-refractivity contribution in [2.45, 2.75) is 40.5 Å². The normalized spacial score (nSPS) is 30.1. The monoisotopic (exact) mass is 218 g/mol. The van der Waals surface area contributed by atoms with Crippen molar-refractivity contribution in [2.75, 3.05) is 0 Å². The highest BCUT2D eigenvalue weighted by molar-refractivity contribution is 6.00. The van der Waals surface area contributed by atoms with Gasteiger partial charge in [0.1, 0.15) is 0 Å². The zero-order chi connectivity index (χ0) is 12.5. The van der Waals surface area contributed by atoms with Gasteiger partial charge in [0, 0.05) is 0 Å². The van der Waals surface area contributed by atoms with Gasteiger partial charge >= 0.3 is 0 Å². The molecule has 0 aromatic carbocycles. The topological polar surface area (TPSA) is 17.1 Å². The Bertz CT molecular complexity index is 369. The molecule has 0 amide bonds. The zero-order valence-electron chi connectivity index (χ0n) is 10.9. The van der Waals surface area contributed by atoms with Gasteiger partial charge in [-0.2, -0.15) is 0 Å². The van der Waals surface area contributed by atoms with E-state index in [9.17, 15) is 4.79 Å². The summed E-state index contributed by atoms with van der Waals surface area (Å²) < 4.78 is 0. The molecule has 16 heavy (non-hydrogen) atoms. The second kappa shape index (κ2) is 4.40. The maximum Gasteiger partial charge on any atom is 0.166 e. The molecular formula is C15H22O. The fraction of sp³-hybridized carbons (Fsp3) is 0.533. The third kappa shape index (κ3) is 2.04.